The van der Waals surface area contributed by atoms with Crippen LogP contribution in [0.25, 0.3) is 0 Å². The summed E-state index contributed by atoms with van der Waals surface area (Å²) in [5, 5.41) is 35.8. The summed E-state index contributed by atoms with van der Waals surface area (Å²) in [4.78, 5) is 25.4. The van der Waals surface area contributed by atoms with E-state index < -0.39 is 12.0 Å². The van der Waals surface area contributed by atoms with Crippen LogP contribution in [0.3, 0.4) is 0 Å². The van der Waals surface area contributed by atoms with Crippen LogP contribution in [0.1, 0.15) is 93.2 Å². The maximum Gasteiger partial charge on any atom is 0.160 e. The van der Waals surface area contributed by atoms with Gasteiger partial charge < -0.3 is 25.4 Å². The number of fused-ring (bicyclic) bond motifs is 2. The van der Waals surface area contributed by atoms with Gasteiger partial charge in [-0.05, 0) is 104 Å². The van der Waals surface area contributed by atoms with Crippen molar-refractivity contribution in [2.45, 2.75) is 102 Å². The Hall–Kier alpha value is -3.18. The molecule has 2 aromatic rings. The molecule has 0 spiro atoms. The number of Topliss-reactive ketones (excluding diaryl/α,β-unsaturated/α-hetero) is 2. The predicted octanol–water partition coefficient (Wildman–Crippen LogP) is 5.52. The van der Waals surface area contributed by atoms with Crippen LogP contribution in [0.15, 0.2) is 42.5 Å². The SMILES string of the molecule is COc1cc2c(cc1O)[C@H]([C@H](CCO)CCc1ccccc1)C#C[C@H]([C@H](O)CCCC[C@@H]1CN[C@@H]3CC(=O)CC[C@@H]3C1)C(=O)CC2. The average molecular weight is 630 g/mol. The first-order valence-electron chi connectivity index (χ1n) is 17.4. The number of aliphatic hydroxyl groups is 2. The molecule has 1 aliphatic heterocycles. The van der Waals surface area contributed by atoms with E-state index in [2.05, 4.69) is 29.3 Å². The van der Waals surface area contributed by atoms with E-state index in [0.29, 0.717) is 61.5 Å². The van der Waals surface area contributed by atoms with E-state index >= 15 is 0 Å². The van der Waals surface area contributed by atoms with Crippen molar-refractivity contribution in [2.75, 3.05) is 20.3 Å². The van der Waals surface area contributed by atoms with Gasteiger partial charge in [0.1, 0.15) is 11.7 Å². The van der Waals surface area contributed by atoms with Crippen molar-refractivity contribution in [3.8, 4) is 23.3 Å². The lowest BCUT2D eigenvalue weighted by Crippen LogP contribution is -2.48. The normalized spacial score (nSPS) is 25.9. The lowest BCUT2D eigenvalue weighted by atomic mass is 9.74. The zero-order chi connectivity index (χ0) is 32.5. The fraction of sp³-hybridized carbons (Fsp3) is 0.590. The number of aromatic hydroxyl groups is 1. The maximum absolute atomic E-state index is 13.5. The van der Waals surface area contributed by atoms with Crippen molar-refractivity contribution in [1.29, 1.82) is 0 Å². The molecule has 7 nitrogen and oxygen atoms in total. The maximum atomic E-state index is 13.5. The van der Waals surface area contributed by atoms with E-state index in [1.165, 1.54) is 19.1 Å². The van der Waals surface area contributed by atoms with E-state index in [-0.39, 0.29) is 36.4 Å². The summed E-state index contributed by atoms with van der Waals surface area (Å²) in [7, 11) is 1.51. The van der Waals surface area contributed by atoms with Crippen LogP contribution >= 0.6 is 0 Å². The first kappa shape index (κ1) is 34.2. The summed E-state index contributed by atoms with van der Waals surface area (Å²) >= 11 is 0. The number of carbonyl (C=O) groups is 2. The number of ketones is 2. The van der Waals surface area contributed by atoms with E-state index in [1.807, 2.05) is 24.3 Å². The summed E-state index contributed by atoms with van der Waals surface area (Å²) in [6.45, 7) is 0.960. The molecular weight excluding hydrogens is 578 g/mol. The minimum absolute atomic E-state index is 0.0101. The van der Waals surface area contributed by atoms with Gasteiger partial charge in [-0.1, -0.05) is 55.0 Å². The molecule has 2 fully saturated rings. The van der Waals surface area contributed by atoms with Crippen LogP contribution in [0.4, 0.5) is 0 Å². The molecule has 4 N–H and O–H groups in total. The Balaban J connectivity index is 1.28. The smallest absolute Gasteiger partial charge is 0.160 e. The highest BCUT2D eigenvalue weighted by atomic mass is 16.5. The van der Waals surface area contributed by atoms with Crippen molar-refractivity contribution >= 4 is 11.6 Å². The molecular formula is C39H51NO6. The third kappa shape index (κ3) is 8.79. The zero-order valence-corrected chi connectivity index (χ0v) is 27.3. The monoisotopic (exact) mass is 629 g/mol. The molecule has 7 atom stereocenters. The number of ether oxygens (including phenoxy) is 1. The van der Waals surface area contributed by atoms with Gasteiger partial charge in [0, 0.05) is 37.8 Å². The summed E-state index contributed by atoms with van der Waals surface area (Å²) in [5.74, 6) is 7.43. The Morgan fingerprint density at radius 3 is 2.59 bits per heavy atom. The minimum Gasteiger partial charge on any atom is -0.504 e. The van der Waals surface area contributed by atoms with Crippen LogP contribution in [-0.4, -0.2) is 59.3 Å². The number of rotatable bonds is 13. The molecule has 7 heteroatoms. The van der Waals surface area contributed by atoms with Gasteiger partial charge in [-0.15, -0.1) is 0 Å². The summed E-state index contributed by atoms with van der Waals surface area (Å²) in [5.41, 5.74) is 2.98. The van der Waals surface area contributed by atoms with Crippen molar-refractivity contribution in [1.82, 2.24) is 5.32 Å². The molecule has 0 radical (unpaired) electrons. The van der Waals surface area contributed by atoms with Gasteiger partial charge in [-0.2, -0.15) is 0 Å². The molecule has 0 unspecified atom stereocenters. The standard InChI is InChI=1S/C39H51NO6/c1-46-39-22-29-14-18-37(44)33(36(43)10-6-5-9-27-21-30-13-15-31(42)23-35(30)40-25-27)17-16-32(34(29)24-38(39)45)28(19-20-41)12-11-26-7-3-2-4-8-26/h2-4,7-8,22,24,27-28,30,32-33,35-36,40-41,43,45H,5-6,9-15,18-21,23,25H2,1H3/t27-,28-,30+,32-,33+,35+,36+/m0/s1. The molecule has 2 aromatic carbocycles. The highest BCUT2D eigenvalue weighted by Crippen LogP contribution is 2.40. The van der Waals surface area contributed by atoms with Gasteiger partial charge in [0.25, 0.3) is 0 Å². The van der Waals surface area contributed by atoms with Crippen LogP contribution < -0.4 is 10.1 Å². The van der Waals surface area contributed by atoms with Crippen molar-refractivity contribution in [2.24, 2.45) is 23.7 Å². The predicted molar refractivity (Wildman–Crippen MR) is 179 cm³/mol. The molecule has 0 bridgehead atoms. The number of phenols is 1. The van der Waals surface area contributed by atoms with Gasteiger partial charge in [0.15, 0.2) is 17.3 Å². The Bertz CT molecular complexity index is 1380. The fourth-order valence-corrected chi connectivity index (χ4v) is 7.96. The quantitative estimate of drug-likeness (QED) is 0.170. The van der Waals surface area contributed by atoms with E-state index in [9.17, 15) is 24.9 Å². The fourth-order valence-electron chi connectivity index (χ4n) is 7.96. The largest absolute Gasteiger partial charge is 0.504 e. The molecule has 46 heavy (non-hydrogen) atoms. The topological polar surface area (TPSA) is 116 Å². The number of nitrogens with one attached hydrogen (secondary N) is 1. The van der Waals surface area contributed by atoms with Gasteiger partial charge in [-0.3, -0.25) is 9.59 Å². The lowest BCUT2D eigenvalue weighted by Gasteiger charge is -2.39. The van der Waals surface area contributed by atoms with E-state index in [4.69, 9.17) is 4.74 Å². The number of phenolic OH excluding ortho intramolecular Hbond substituents is 1. The molecule has 1 saturated carbocycles. The van der Waals surface area contributed by atoms with E-state index in [1.54, 1.807) is 6.07 Å². The molecule has 5 rings (SSSR count). The Labute approximate surface area is 274 Å². The lowest BCUT2D eigenvalue weighted by molar-refractivity contribution is -0.124. The molecule has 0 amide bonds. The Kier molecular flexibility index (Phi) is 12.3. The summed E-state index contributed by atoms with van der Waals surface area (Å²) in [6, 6.07) is 14.1. The molecule has 248 valence electrons. The molecule has 0 aromatic heterocycles. The second-order valence-corrected chi connectivity index (χ2v) is 13.7. The molecule has 3 aliphatic rings. The third-order valence-corrected chi connectivity index (χ3v) is 10.6. The van der Waals surface area contributed by atoms with Crippen LogP contribution in [0.5, 0.6) is 11.5 Å². The first-order chi connectivity index (χ1) is 22.4. The van der Waals surface area contributed by atoms with Gasteiger partial charge in [-0.25, -0.2) is 0 Å². The number of benzene rings is 2. The number of piperidine rings is 1. The summed E-state index contributed by atoms with van der Waals surface area (Å²) in [6.07, 6.45) is 8.97. The highest BCUT2D eigenvalue weighted by Gasteiger charge is 2.35. The second-order valence-electron chi connectivity index (χ2n) is 13.7. The van der Waals surface area contributed by atoms with Gasteiger partial charge in [0.05, 0.1) is 13.2 Å². The van der Waals surface area contributed by atoms with Crippen molar-refractivity contribution in [3.05, 3.63) is 59.2 Å². The van der Waals surface area contributed by atoms with Crippen LogP contribution in [-0.2, 0) is 22.4 Å². The second kappa shape index (κ2) is 16.6. The third-order valence-electron chi connectivity index (χ3n) is 10.6. The minimum atomic E-state index is -0.844. The first-order valence-corrected chi connectivity index (χ1v) is 17.4. The number of hydrogen-bond acceptors (Lipinski definition) is 7. The number of unbranched alkanes of at least 4 members (excludes halogenated alkanes) is 1. The molecule has 1 saturated heterocycles. The number of aryl methyl sites for hydroxylation is 2. The van der Waals surface area contributed by atoms with Crippen molar-refractivity contribution < 1.29 is 29.6 Å². The highest BCUT2D eigenvalue weighted by molar-refractivity contribution is 5.85. The number of aliphatic hydroxyl groups excluding tert-OH is 2. The van der Waals surface area contributed by atoms with Gasteiger partial charge in [0.2, 0.25) is 0 Å². The van der Waals surface area contributed by atoms with E-state index in [0.717, 1.165) is 56.2 Å². The Morgan fingerprint density at radius 1 is 1.00 bits per heavy atom. The van der Waals surface area contributed by atoms with Crippen molar-refractivity contribution in [3.63, 3.8) is 0 Å². The zero-order valence-electron chi connectivity index (χ0n) is 27.3. The Morgan fingerprint density at radius 2 is 1.80 bits per heavy atom. The summed E-state index contributed by atoms with van der Waals surface area (Å²) < 4.78 is 5.41. The van der Waals surface area contributed by atoms with Gasteiger partial charge >= 0.3 is 0 Å². The molecule has 2 aliphatic carbocycles. The van der Waals surface area contributed by atoms with Crippen LogP contribution in [0, 0.1) is 35.5 Å². The van der Waals surface area contributed by atoms with Crippen LogP contribution in [0.2, 0.25) is 0 Å². The molecule has 1 heterocycles. The number of carbonyl (C=O) groups excluding carboxylic acids is 2. The number of hydrogen-bond donors (Lipinski definition) is 4. The number of methoxy groups -OCH3 is 1. The average Bonchev–Trinajstić information content (AvgIpc) is 3.13.